The summed E-state index contributed by atoms with van der Waals surface area (Å²) < 4.78 is 5.30. The molecular weight excluding hydrogens is 336 g/mol. The molecule has 0 unspecified atom stereocenters. The van der Waals surface area contributed by atoms with Crippen molar-refractivity contribution in [3.05, 3.63) is 0 Å². The molecule has 2 aliphatic heterocycles. The molecule has 9 heteroatoms. The standard InChI is InChI=1S/C17H32N6O3/c1-4-18-17(19-13-15(24)20(2)3)23-7-5-21(6-8-23)14-16(25)22-9-11-26-12-10-22/h4-14H2,1-3H3,(H,18,19). The lowest BCUT2D eigenvalue weighted by Gasteiger charge is -2.37. The molecule has 0 aromatic rings. The third-order valence-corrected chi connectivity index (χ3v) is 4.59. The maximum absolute atomic E-state index is 12.4. The molecule has 2 heterocycles. The fraction of sp³-hybridized carbons (Fsp3) is 0.824. The number of piperazine rings is 1. The number of ether oxygens (including phenoxy) is 1. The number of nitrogens with one attached hydrogen (secondary N) is 1. The second kappa shape index (κ2) is 10.3. The molecule has 0 atom stereocenters. The van der Waals surface area contributed by atoms with Crippen LogP contribution < -0.4 is 5.32 Å². The van der Waals surface area contributed by atoms with E-state index >= 15 is 0 Å². The average Bonchev–Trinajstić information content (AvgIpc) is 2.66. The van der Waals surface area contributed by atoms with Gasteiger partial charge in [0.25, 0.3) is 0 Å². The van der Waals surface area contributed by atoms with Gasteiger partial charge >= 0.3 is 0 Å². The fourth-order valence-corrected chi connectivity index (χ4v) is 2.93. The van der Waals surface area contributed by atoms with Crippen molar-refractivity contribution < 1.29 is 14.3 Å². The lowest BCUT2D eigenvalue weighted by atomic mass is 10.3. The molecule has 9 nitrogen and oxygen atoms in total. The van der Waals surface area contributed by atoms with Gasteiger partial charge in [-0.1, -0.05) is 0 Å². The molecule has 2 aliphatic rings. The van der Waals surface area contributed by atoms with Crippen LogP contribution in [0.1, 0.15) is 6.92 Å². The molecular formula is C17H32N6O3. The fourth-order valence-electron chi connectivity index (χ4n) is 2.93. The van der Waals surface area contributed by atoms with Gasteiger partial charge in [0.2, 0.25) is 11.8 Å². The predicted molar refractivity (Wildman–Crippen MR) is 100 cm³/mol. The highest BCUT2D eigenvalue weighted by Gasteiger charge is 2.24. The molecule has 0 bridgehead atoms. The van der Waals surface area contributed by atoms with E-state index in [0.717, 1.165) is 38.7 Å². The average molecular weight is 368 g/mol. The van der Waals surface area contributed by atoms with Crippen molar-refractivity contribution in [2.75, 3.05) is 86.2 Å². The molecule has 0 aromatic heterocycles. The molecule has 0 radical (unpaired) electrons. The summed E-state index contributed by atoms with van der Waals surface area (Å²) in [5.74, 6) is 0.927. The number of hydrogen-bond acceptors (Lipinski definition) is 5. The lowest BCUT2D eigenvalue weighted by Crippen LogP contribution is -2.55. The Labute approximate surface area is 155 Å². The van der Waals surface area contributed by atoms with E-state index in [1.807, 2.05) is 11.8 Å². The highest BCUT2D eigenvalue weighted by atomic mass is 16.5. The first kappa shape index (κ1) is 20.4. The highest BCUT2D eigenvalue weighted by molar-refractivity contribution is 5.85. The lowest BCUT2D eigenvalue weighted by molar-refractivity contribution is -0.136. The van der Waals surface area contributed by atoms with Crippen molar-refractivity contribution in [3.8, 4) is 0 Å². The minimum Gasteiger partial charge on any atom is -0.378 e. The Morgan fingerprint density at radius 2 is 1.69 bits per heavy atom. The van der Waals surface area contributed by atoms with E-state index in [-0.39, 0.29) is 18.4 Å². The quantitative estimate of drug-likeness (QED) is 0.471. The van der Waals surface area contributed by atoms with Crippen LogP contribution >= 0.6 is 0 Å². The number of likely N-dealkylation sites (N-methyl/N-ethyl adjacent to an activating group) is 1. The van der Waals surface area contributed by atoms with E-state index in [2.05, 4.69) is 20.1 Å². The number of amides is 2. The minimum atomic E-state index is -0.0184. The first-order chi connectivity index (χ1) is 12.5. The molecule has 0 spiro atoms. The van der Waals surface area contributed by atoms with Gasteiger partial charge in [0, 0.05) is 59.9 Å². The zero-order valence-corrected chi connectivity index (χ0v) is 16.2. The molecule has 0 saturated carbocycles. The van der Waals surface area contributed by atoms with E-state index < -0.39 is 0 Å². The highest BCUT2D eigenvalue weighted by Crippen LogP contribution is 2.05. The Hall–Kier alpha value is -1.87. The van der Waals surface area contributed by atoms with Crippen LogP contribution in [0, 0.1) is 0 Å². The maximum Gasteiger partial charge on any atom is 0.243 e. The molecule has 2 saturated heterocycles. The van der Waals surface area contributed by atoms with Gasteiger partial charge in [-0.25, -0.2) is 4.99 Å². The van der Waals surface area contributed by atoms with Crippen molar-refractivity contribution in [1.82, 2.24) is 24.9 Å². The first-order valence-corrected chi connectivity index (χ1v) is 9.32. The molecule has 2 rings (SSSR count). The summed E-state index contributed by atoms with van der Waals surface area (Å²) in [6.07, 6.45) is 0. The van der Waals surface area contributed by atoms with Gasteiger partial charge in [-0.2, -0.15) is 0 Å². The van der Waals surface area contributed by atoms with Crippen LogP contribution in [0.4, 0.5) is 0 Å². The monoisotopic (exact) mass is 368 g/mol. The number of carbonyl (C=O) groups is 2. The van der Waals surface area contributed by atoms with Crippen molar-refractivity contribution in [2.24, 2.45) is 4.99 Å². The number of guanidine groups is 1. The third kappa shape index (κ3) is 6.14. The summed E-state index contributed by atoms with van der Waals surface area (Å²) in [6, 6.07) is 0. The van der Waals surface area contributed by atoms with Gasteiger partial charge < -0.3 is 24.8 Å². The molecule has 0 aliphatic carbocycles. The molecule has 1 N–H and O–H groups in total. The van der Waals surface area contributed by atoms with Gasteiger partial charge in [0.1, 0.15) is 6.54 Å². The molecule has 26 heavy (non-hydrogen) atoms. The largest absolute Gasteiger partial charge is 0.378 e. The normalized spacial score (nSPS) is 19.4. The van der Waals surface area contributed by atoms with Crippen molar-refractivity contribution in [1.29, 1.82) is 0 Å². The zero-order chi connectivity index (χ0) is 18.9. The van der Waals surface area contributed by atoms with Crippen LogP contribution in [0.25, 0.3) is 0 Å². The van der Waals surface area contributed by atoms with E-state index in [1.54, 1.807) is 19.0 Å². The van der Waals surface area contributed by atoms with Crippen LogP contribution in [0.3, 0.4) is 0 Å². The summed E-state index contributed by atoms with van der Waals surface area (Å²) in [6.45, 7) is 9.21. The van der Waals surface area contributed by atoms with E-state index in [1.165, 1.54) is 0 Å². The van der Waals surface area contributed by atoms with Crippen LogP contribution in [-0.4, -0.2) is 124 Å². The van der Waals surface area contributed by atoms with Gasteiger partial charge in [-0.3, -0.25) is 14.5 Å². The van der Waals surface area contributed by atoms with Crippen molar-refractivity contribution >= 4 is 17.8 Å². The number of nitrogens with zero attached hydrogens (tertiary/aromatic N) is 5. The zero-order valence-electron chi connectivity index (χ0n) is 16.2. The SMILES string of the molecule is CCNC(=NCC(=O)N(C)C)N1CCN(CC(=O)N2CCOCC2)CC1. The van der Waals surface area contributed by atoms with Crippen molar-refractivity contribution in [2.45, 2.75) is 6.92 Å². The molecule has 2 fully saturated rings. The topological polar surface area (TPSA) is 80.7 Å². The molecule has 148 valence electrons. The maximum atomic E-state index is 12.4. The number of aliphatic imine (C=N–C) groups is 1. The molecule has 0 aromatic carbocycles. The smallest absolute Gasteiger partial charge is 0.243 e. The van der Waals surface area contributed by atoms with Gasteiger partial charge in [0.05, 0.1) is 19.8 Å². The Morgan fingerprint density at radius 1 is 1.04 bits per heavy atom. The Morgan fingerprint density at radius 3 is 2.27 bits per heavy atom. The number of rotatable bonds is 5. The number of morpholine rings is 1. The van der Waals surface area contributed by atoms with E-state index in [0.29, 0.717) is 32.8 Å². The summed E-state index contributed by atoms with van der Waals surface area (Å²) in [5.41, 5.74) is 0. The van der Waals surface area contributed by atoms with Crippen molar-refractivity contribution in [3.63, 3.8) is 0 Å². The van der Waals surface area contributed by atoms with Crippen LogP contribution in [0.2, 0.25) is 0 Å². The second-order valence-corrected chi connectivity index (χ2v) is 6.71. The third-order valence-electron chi connectivity index (χ3n) is 4.59. The van der Waals surface area contributed by atoms with Crippen LogP contribution in [0.5, 0.6) is 0 Å². The Bertz CT molecular complexity index is 497. The van der Waals surface area contributed by atoms with Crippen LogP contribution in [0.15, 0.2) is 4.99 Å². The first-order valence-electron chi connectivity index (χ1n) is 9.32. The van der Waals surface area contributed by atoms with Gasteiger partial charge in [0.15, 0.2) is 5.96 Å². The minimum absolute atomic E-state index is 0.0184. The number of hydrogen-bond donors (Lipinski definition) is 1. The van der Waals surface area contributed by atoms with E-state index in [4.69, 9.17) is 4.74 Å². The Kier molecular flexibility index (Phi) is 8.11. The second-order valence-electron chi connectivity index (χ2n) is 6.71. The Balaban J connectivity index is 1.81. The summed E-state index contributed by atoms with van der Waals surface area (Å²) in [4.78, 5) is 36.3. The molecule has 2 amide bonds. The summed E-state index contributed by atoms with van der Waals surface area (Å²) in [5, 5.41) is 3.25. The number of carbonyl (C=O) groups excluding carboxylic acids is 2. The van der Waals surface area contributed by atoms with Gasteiger partial charge in [-0.05, 0) is 6.92 Å². The van der Waals surface area contributed by atoms with Gasteiger partial charge in [-0.15, -0.1) is 0 Å². The van der Waals surface area contributed by atoms with E-state index in [9.17, 15) is 9.59 Å². The predicted octanol–water partition coefficient (Wildman–Crippen LogP) is -1.48. The van der Waals surface area contributed by atoms with Crippen LogP contribution in [-0.2, 0) is 14.3 Å². The summed E-state index contributed by atoms with van der Waals surface area (Å²) >= 11 is 0. The summed E-state index contributed by atoms with van der Waals surface area (Å²) in [7, 11) is 3.46.